The summed E-state index contributed by atoms with van der Waals surface area (Å²) in [4.78, 5) is 16.4. The molecule has 0 aliphatic heterocycles. The van der Waals surface area contributed by atoms with Crippen LogP contribution >= 0.6 is 23.1 Å². The molecule has 0 spiro atoms. The molecule has 3 aromatic rings. The van der Waals surface area contributed by atoms with Crippen molar-refractivity contribution in [1.29, 1.82) is 0 Å². The number of ether oxygens (including phenoxy) is 1. The molecule has 0 unspecified atom stereocenters. The summed E-state index contributed by atoms with van der Waals surface area (Å²) >= 11 is 2.94. The third-order valence-electron chi connectivity index (χ3n) is 3.29. The Kier molecular flexibility index (Phi) is 6.08. The third-order valence-corrected chi connectivity index (χ3v) is 5.47. The molecule has 3 rings (SSSR count). The zero-order valence-corrected chi connectivity index (χ0v) is 15.6. The Labute approximate surface area is 158 Å². The molecule has 8 heteroatoms. The Hall–Kier alpha value is -2.58. The highest BCUT2D eigenvalue weighted by Crippen LogP contribution is 2.29. The fourth-order valence-corrected chi connectivity index (χ4v) is 3.99. The molecule has 0 atom stereocenters. The zero-order valence-electron chi connectivity index (χ0n) is 14.0. The molecule has 0 fully saturated rings. The second-order valence-electron chi connectivity index (χ2n) is 5.19. The second kappa shape index (κ2) is 8.68. The molecule has 0 bridgehead atoms. The number of rotatable bonds is 7. The lowest BCUT2D eigenvalue weighted by molar-refractivity contribution is -0.118. The first-order valence-corrected chi connectivity index (χ1v) is 9.72. The number of aromatic hydroxyl groups is 1. The molecule has 2 aromatic carbocycles. The van der Waals surface area contributed by atoms with Gasteiger partial charge in [-0.05, 0) is 42.8 Å². The normalized spacial score (nSPS) is 11.1. The molecule has 1 aromatic heterocycles. The van der Waals surface area contributed by atoms with Crippen LogP contribution in [0, 0.1) is 0 Å². The summed E-state index contributed by atoms with van der Waals surface area (Å²) in [6.07, 6.45) is 1.50. The number of amides is 1. The lowest BCUT2D eigenvalue weighted by Gasteiger charge is -2.05. The monoisotopic (exact) mass is 387 g/mol. The van der Waals surface area contributed by atoms with Gasteiger partial charge < -0.3 is 9.84 Å². The number of hydrazone groups is 1. The van der Waals surface area contributed by atoms with Gasteiger partial charge in [-0.1, -0.05) is 23.9 Å². The van der Waals surface area contributed by atoms with Crippen LogP contribution < -0.4 is 10.2 Å². The van der Waals surface area contributed by atoms with Crippen LogP contribution in [0.25, 0.3) is 10.2 Å². The van der Waals surface area contributed by atoms with E-state index in [1.165, 1.54) is 24.0 Å². The van der Waals surface area contributed by atoms with Crippen LogP contribution in [0.1, 0.15) is 12.5 Å². The van der Waals surface area contributed by atoms with Crippen LogP contribution in [-0.4, -0.2) is 34.6 Å². The van der Waals surface area contributed by atoms with E-state index in [4.69, 9.17) is 4.74 Å². The topological polar surface area (TPSA) is 83.8 Å². The first-order chi connectivity index (χ1) is 12.7. The maximum absolute atomic E-state index is 11.9. The van der Waals surface area contributed by atoms with Crippen LogP contribution in [0.5, 0.6) is 11.5 Å². The Balaban J connectivity index is 1.52. The van der Waals surface area contributed by atoms with E-state index in [9.17, 15) is 9.90 Å². The molecule has 1 heterocycles. The molecule has 2 N–H and O–H groups in total. The van der Waals surface area contributed by atoms with Crippen molar-refractivity contribution in [2.45, 2.75) is 11.3 Å². The Morgan fingerprint density at radius 3 is 3.04 bits per heavy atom. The summed E-state index contributed by atoms with van der Waals surface area (Å²) in [5, 5.41) is 13.6. The number of hydrogen-bond donors (Lipinski definition) is 2. The van der Waals surface area contributed by atoms with Crippen LogP contribution in [0.15, 0.2) is 51.9 Å². The summed E-state index contributed by atoms with van der Waals surface area (Å²) in [6.45, 7) is 2.29. The molecule has 6 nitrogen and oxygen atoms in total. The van der Waals surface area contributed by atoms with Crippen LogP contribution in [0.4, 0.5) is 0 Å². The summed E-state index contributed by atoms with van der Waals surface area (Å²) in [5.74, 6) is 0.473. The molecule has 0 radical (unpaired) electrons. The number of carbonyl (C=O) groups excluding carboxylic acids is 1. The van der Waals surface area contributed by atoms with Gasteiger partial charge in [0.1, 0.15) is 0 Å². The minimum atomic E-state index is -0.214. The first-order valence-electron chi connectivity index (χ1n) is 7.92. The number of para-hydroxylation sites is 1. The summed E-state index contributed by atoms with van der Waals surface area (Å²) in [7, 11) is 0. The minimum absolute atomic E-state index is 0.0697. The van der Waals surface area contributed by atoms with Crippen molar-refractivity contribution < 1.29 is 14.6 Å². The number of nitrogens with one attached hydrogen (secondary N) is 1. The van der Waals surface area contributed by atoms with Crippen LogP contribution in [0.2, 0.25) is 0 Å². The Morgan fingerprint density at radius 2 is 2.23 bits per heavy atom. The quantitative estimate of drug-likeness (QED) is 0.367. The van der Waals surface area contributed by atoms with Gasteiger partial charge in [0, 0.05) is 0 Å². The van der Waals surface area contributed by atoms with Crippen molar-refractivity contribution in [3.63, 3.8) is 0 Å². The molecule has 0 aliphatic rings. The van der Waals surface area contributed by atoms with E-state index >= 15 is 0 Å². The number of phenolic OH excluding ortho intramolecular Hbond substituents is 1. The SMILES string of the molecule is CCOc1cc(/C=N\NC(=O)CSc2nc3ccccc3s2)ccc1O. The highest BCUT2D eigenvalue weighted by molar-refractivity contribution is 8.01. The number of thioether (sulfide) groups is 1. The Morgan fingerprint density at radius 1 is 1.38 bits per heavy atom. The smallest absolute Gasteiger partial charge is 0.250 e. The first kappa shape index (κ1) is 18.2. The number of carbonyl (C=O) groups is 1. The fraction of sp³-hybridized carbons (Fsp3) is 0.167. The van der Waals surface area contributed by atoms with Gasteiger partial charge in [0.25, 0.3) is 5.91 Å². The van der Waals surface area contributed by atoms with Gasteiger partial charge >= 0.3 is 0 Å². The highest BCUT2D eigenvalue weighted by Gasteiger charge is 2.07. The maximum atomic E-state index is 11.9. The number of nitrogens with zero attached hydrogens (tertiary/aromatic N) is 2. The van der Waals surface area contributed by atoms with E-state index in [-0.39, 0.29) is 17.4 Å². The van der Waals surface area contributed by atoms with Crippen LogP contribution in [-0.2, 0) is 4.79 Å². The number of fused-ring (bicyclic) bond motifs is 1. The number of hydrogen-bond acceptors (Lipinski definition) is 7. The standard InChI is InChI=1S/C18H17N3O3S2/c1-2-24-15-9-12(7-8-14(15)22)10-19-21-17(23)11-25-18-20-13-5-3-4-6-16(13)26-18/h3-10,22H,2,11H2,1H3,(H,21,23)/b19-10-. The highest BCUT2D eigenvalue weighted by atomic mass is 32.2. The van der Waals surface area contributed by atoms with Gasteiger partial charge in [0.2, 0.25) is 0 Å². The zero-order chi connectivity index (χ0) is 18.4. The number of phenols is 1. The van der Waals surface area contributed by atoms with Crippen molar-refractivity contribution in [1.82, 2.24) is 10.4 Å². The van der Waals surface area contributed by atoms with E-state index in [1.54, 1.807) is 23.5 Å². The van der Waals surface area contributed by atoms with Crippen molar-refractivity contribution in [3.8, 4) is 11.5 Å². The van der Waals surface area contributed by atoms with Gasteiger partial charge in [-0.2, -0.15) is 5.10 Å². The average molecular weight is 387 g/mol. The summed E-state index contributed by atoms with van der Waals surface area (Å²) in [6, 6.07) is 12.7. The van der Waals surface area contributed by atoms with Crippen molar-refractivity contribution in [2.24, 2.45) is 5.10 Å². The number of aromatic nitrogens is 1. The van der Waals surface area contributed by atoms with Gasteiger partial charge in [-0.25, -0.2) is 10.4 Å². The van der Waals surface area contributed by atoms with Crippen molar-refractivity contribution >= 4 is 45.4 Å². The maximum Gasteiger partial charge on any atom is 0.250 e. The van der Waals surface area contributed by atoms with E-state index in [1.807, 2.05) is 31.2 Å². The predicted molar refractivity (Wildman–Crippen MR) is 105 cm³/mol. The van der Waals surface area contributed by atoms with Crippen molar-refractivity contribution in [2.75, 3.05) is 12.4 Å². The molecule has 0 saturated carbocycles. The molecule has 134 valence electrons. The molecular formula is C18H17N3O3S2. The van der Waals surface area contributed by atoms with Crippen molar-refractivity contribution in [3.05, 3.63) is 48.0 Å². The molecule has 26 heavy (non-hydrogen) atoms. The van der Waals surface area contributed by atoms with E-state index in [0.29, 0.717) is 17.9 Å². The second-order valence-corrected chi connectivity index (χ2v) is 7.44. The minimum Gasteiger partial charge on any atom is -0.504 e. The van der Waals surface area contributed by atoms with Gasteiger partial charge in [0.15, 0.2) is 15.8 Å². The molecule has 0 saturated heterocycles. The molecule has 0 aliphatic carbocycles. The van der Waals surface area contributed by atoms with E-state index < -0.39 is 0 Å². The average Bonchev–Trinajstić information content (AvgIpc) is 3.06. The Bertz CT molecular complexity index is 907. The lowest BCUT2D eigenvalue weighted by Crippen LogP contribution is -2.19. The van der Waals surface area contributed by atoms with Gasteiger partial charge in [-0.15, -0.1) is 11.3 Å². The molecule has 1 amide bonds. The third kappa shape index (κ3) is 4.74. The summed E-state index contributed by atoms with van der Waals surface area (Å²) in [5.41, 5.74) is 4.14. The van der Waals surface area contributed by atoms with Gasteiger partial charge in [0.05, 0.1) is 28.8 Å². The fourth-order valence-electron chi connectivity index (χ4n) is 2.13. The van der Waals surface area contributed by atoms with E-state index in [2.05, 4.69) is 15.5 Å². The summed E-state index contributed by atoms with van der Waals surface area (Å²) < 4.78 is 7.26. The number of benzene rings is 2. The predicted octanol–water partition coefficient (Wildman–Crippen LogP) is 3.64. The molecular weight excluding hydrogens is 370 g/mol. The largest absolute Gasteiger partial charge is 0.504 e. The lowest BCUT2D eigenvalue weighted by atomic mass is 10.2. The van der Waals surface area contributed by atoms with Crippen LogP contribution in [0.3, 0.4) is 0 Å². The van der Waals surface area contributed by atoms with Gasteiger partial charge in [-0.3, -0.25) is 4.79 Å². The van der Waals surface area contributed by atoms with E-state index in [0.717, 1.165) is 14.6 Å². The number of thiazole rings is 1.